The molecule has 0 bridgehead atoms. The molecule has 3 rings (SSSR count). The molecule has 1 amide bonds. The van der Waals surface area contributed by atoms with E-state index >= 15 is 0 Å². The van der Waals surface area contributed by atoms with E-state index in [4.69, 9.17) is 11.6 Å². The summed E-state index contributed by atoms with van der Waals surface area (Å²) in [6, 6.07) is 8.85. The van der Waals surface area contributed by atoms with Crippen molar-refractivity contribution in [1.29, 1.82) is 0 Å². The predicted molar refractivity (Wildman–Crippen MR) is 85.7 cm³/mol. The van der Waals surface area contributed by atoms with Gasteiger partial charge in [0.2, 0.25) is 0 Å². The molecule has 0 aliphatic rings. The Morgan fingerprint density at radius 3 is 2.91 bits per heavy atom. The van der Waals surface area contributed by atoms with Crippen molar-refractivity contribution in [3.8, 4) is 5.69 Å². The molecular formula is C15H13ClN6O. The first-order valence-electron chi connectivity index (χ1n) is 6.98. The van der Waals surface area contributed by atoms with Crippen molar-refractivity contribution >= 4 is 23.2 Å². The lowest BCUT2D eigenvalue weighted by atomic mass is 10.2. The second-order valence-electron chi connectivity index (χ2n) is 4.69. The van der Waals surface area contributed by atoms with E-state index in [9.17, 15) is 4.79 Å². The van der Waals surface area contributed by atoms with E-state index < -0.39 is 0 Å². The number of anilines is 1. The lowest BCUT2D eigenvalue weighted by molar-refractivity contribution is 0.102. The molecule has 8 heteroatoms. The van der Waals surface area contributed by atoms with Crippen LogP contribution in [0.5, 0.6) is 0 Å². The maximum atomic E-state index is 12.4. The number of halogens is 1. The SMILES string of the molecule is CCc1nnnn1-c1ccccc1NC(=O)c1ccncc1Cl. The van der Waals surface area contributed by atoms with Gasteiger partial charge in [-0.2, -0.15) is 4.68 Å². The molecule has 0 aliphatic heterocycles. The fourth-order valence-corrected chi connectivity index (χ4v) is 2.33. The molecule has 3 aromatic rings. The Morgan fingerprint density at radius 2 is 2.13 bits per heavy atom. The van der Waals surface area contributed by atoms with E-state index in [1.807, 2.05) is 25.1 Å². The topological polar surface area (TPSA) is 85.6 Å². The minimum atomic E-state index is -0.323. The number of benzene rings is 1. The van der Waals surface area contributed by atoms with Crippen LogP contribution in [0.2, 0.25) is 5.02 Å². The fourth-order valence-electron chi connectivity index (χ4n) is 2.13. The summed E-state index contributed by atoms with van der Waals surface area (Å²) >= 11 is 6.01. The first-order valence-corrected chi connectivity index (χ1v) is 7.36. The lowest BCUT2D eigenvalue weighted by Gasteiger charge is -2.12. The van der Waals surface area contributed by atoms with E-state index in [1.165, 1.54) is 12.4 Å². The van der Waals surface area contributed by atoms with Crippen molar-refractivity contribution in [3.63, 3.8) is 0 Å². The summed E-state index contributed by atoms with van der Waals surface area (Å²) in [5, 5.41) is 14.8. The van der Waals surface area contributed by atoms with Gasteiger partial charge in [-0.25, -0.2) is 0 Å². The molecule has 1 N–H and O–H groups in total. The van der Waals surface area contributed by atoms with Crippen molar-refractivity contribution < 1.29 is 4.79 Å². The summed E-state index contributed by atoms with van der Waals surface area (Å²) in [4.78, 5) is 16.3. The van der Waals surface area contributed by atoms with Crippen LogP contribution in [0.1, 0.15) is 23.1 Å². The van der Waals surface area contributed by atoms with Crippen LogP contribution in [-0.2, 0) is 6.42 Å². The van der Waals surface area contributed by atoms with Gasteiger partial charge in [0, 0.05) is 18.8 Å². The summed E-state index contributed by atoms with van der Waals surface area (Å²) in [6.45, 7) is 1.96. The van der Waals surface area contributed by atoms with Crippen LogP contribution < -0.4 is 5.32 Å². The molecule has 0 atom stereocenters. The molecular weight excluding hydrogens is 316 g/mol. The quantitative estimate of drug-likeness (QED) is 0.795. The molecule has 1 aromatic carbocycles. The number of nitrogens with zero attached hydrogens (tertiary/aromatic N) is 5. The number of carbonyl (C=O) groups excluding carboxylic acids is 1. The molecule has 0 spiro atoms. The van der Waals surface area contributed by atoms with E-state index in [0.29, 0.717) is 34.2 Å². The van der Waals surface area contributed by atoms with Gasteiger partial charge in [-0.3, -0.25) is 9.78 Å². The standard InChI is InChI=1S/C15H13ClN6O/c1-2-14-19-20-21-22(14)13-6-4-3-5-12(13)18-15(23)10-7-8-17-9-11(10)16/h3-9H,2H2,1H3,(H,18,23). The van der Waals surface area contributed by atoms with E-state index in [2.05, 4.69) is 25.8 Å². The average Bonchev–Trinajstić information content (AvgIpc) is 3.04. The van der Waals surface area contributed by atoms with E-state index in [-0.39, 0.29) is 5.91 Å². The first-order chi connectivity index (χ1) is 11.2. The molecule has 2 heterocycles. The van der Waals surface area contributed by atoms with Gasteiger partial charge < -0.3 is 5.32 Å². The van der Waals surface area contributed by atoms with Crippen molar-refractivity contribution in [2.45, 2.75) is 13.3 Å². The summed E-state index contributed by atoms with van der Waals surface area (Å²) in [6.07, 6.45) is 3.62. The number of amides is 1. The Bertz CT molecular complexity index is 847. The van der Waals surface area contributed by atoms with E-state index in [1.54, 1.807) is 16.8 Å². The normalized spacial score (nSPS) is 10.5. The predicted octanol–water partition coefficient (Wildman–Crippen LogP) is 2.53. The number of hydrogen-bond acceptors (Lipinski definition) is 5. The van der Waals surface area contributed by atoms with E-state index in [0.717, 1.165) is 0 Å². The maximum Gasteiger partial charge on any atom is 0.257 e. The number of rotatable bonds is 4. The van der Waals surface area contributed by atoms with Gasteiger partial charge in [0.25, 0.3) is 5.91 Å². The largest absolute Gasteiger partial charge is 0.320 e. The number of pyridine rings is 1. The molecule has 0 aliphatic carbocycles. The molecule has 0 saturated heterocycles. The highest BCUT2D eigenvalue weighted by molar-refractivity contribution is 6.34. The molecule has 0 fully saturated rings. The van der Waals surface area contributed by atoms with Crippen LogP contribution in [0.4, 0.5) is 5.69 Å². The summed E-state index contributed by atoms with van der Waals surface area (Å²) in [7, 11) is 0. The zero-order chi connectivity index (χ0) is 16.2. The molecule has 0 radical (unpaired) electrons. The zero-order valence-electron chi connectivity index (χ0n) is 12.3. The van der Waals surface area contributed by atoms with Crippen LogP contribution in [0.3, 0.4) is 0 Å². The number of carbonyl (C=O) groups is 1. The molecule has 0 unspecified atom stereocenters. The van der Waals surface area contributed by atoms with Crippen LogP contribution in [0.15, 0.2) is 42.7 Å². The van der Waals surface area contributed by atoms with Gasteiger partial charge in [-0.1, -0.05) is 30.7 Å². The average molecular weight is 329 g/mol. The fraction of sp³-hybridized carbons (Fsp3) is 0.133. The molecule has 116 valence electrons. The van der Waals surface area contributed by atoms with Gasteiger partial charge >= 0.3 is 0 Å². The Hall–Kier alpha value is -2.80. The summed E-state index contributed by atoms with van der Waals surface area (Å²) in [5.74, 6) is 0.379. The third kappa shape index (κ3) is 3.04. The van der Waals surface area contributed by atoms with Crippen LogP contribution in [0, 0.1) is 0 Å². The third-order valence-corrected chi connectivity index (χ3v) is 3.55. The summed E-state index contributed by atoms with van der Waals surface area (Å²) in [5.41, 5.74) is 1.63. The van der Waals surface area contributed by atoms with Crippen molar-refractivity contribution in [3.05, 3.63) is 59.1 Å². The third-order valence-electron chi connectivity index (χ3n) is 3.25. The van der Waals surface area contributed by atoms with Gasteiger partial charge in [0.05, 0.1) is 22.0 Å². The maximum absolute atomic E-state index is 12.4. The van der Waals surface area contributed by atoms with Gasteiger partial charge in [0.1, 0.15) is 0 Å². The highest BCUT2D eigenvalue weighted by atomic mass is 35.5. The Balaban J connectivity index is 1.96. The van der Waals surface area contributed by atoms with Crippen LogP contribution in [-0.4, -0.2) is 31.1 Å². The highest BCUT2D eigenvalue weighted by Crippen LogP contribution is 2.22. The van der Waals surface area contributed by atoms with Crippen molar-refractivity contribution in [1.82, 2.24) is 25.2 Å². The first kappa shape index (κ1) is 15.1. The minimum Gasteiger partial charge on any atom is -0.320 e. The Kier molecular flexibility index (Phi) is 4.29. The second-order valence-corrected chi connectivity index (χ2v) is 5.09. The van der Waals surface area contributed by atoms with Gasteiger partial charge in [-0.05, 0) is 28.6 Å². The smallest absolute Gasteiger partial charge is 0.257 e. The second kappa shape index (κ2) is 6.53. The minimum absolute atomic E-state index is 0.291. The summed E-state index contributed by atoms with van der Waals surface area (Å²) < 4.78 is 1.60. The Labute approximate surface area is 137 Å². The number of para-hydroxylation sites is 2. The molecule has 23 heavy (non-hydrogen) atoms. The van der Waals surface area contributed by atoms with Crippen molar-refractivity contribution in [2.24, 2.45) is 0 Å². The van der Waals surface area contributed by atoms with Crippen LogP contribution in [0.25, 0.3) is 5.69 Å². The highest BCUT2D eigenvalue weighted by Gasteiger charge is 2.15. The molecule has 2 aromatic heterocycles. The number of nitrogens with one attached hydrogen (secondary N) is 1. The van der Waals surface area contributed by atoms with Crippen molar-refractivity contribution in [2.75, 3.05) is 5.32 Å². The number of hydrogen-bond donors (Lipinski definition) is 1. The van der Waals surface area contributed by atoms with Crippen LogP contribution >= 0.6 is 11.6 Å². The molecule has 7 nitrogen and oxygen atoms in total. The Morgan fingerprint density at radius 1 is 1.30 bits per heavy atom. The zero-order valence-corrected chi connectivity index (χ0v) is 13.0. The number of aromatic nitrogens is 5. The van der Waals surface area contributed by atoms with Gasteiger partial charge in [0.15, 0.2) is 5.82 Å². The monoisotopic (exact) mass is 328 g/mol. The number of tetrazole rings is 1. The molecule has 0 saturated carbocycles. The number of aryl methyl sites for hydroxylation is 1. The van der Waals surface area contributed by atoms with Gasteiger partial charge in [-0.15, -0.1) is 5.10 Å². The lowest BCUT2D eigenvalue weighted by Crippen LogP contribution is -2.15.